The van der Waals surface area contributed by atoms with Gasteiger partial charge in [0.05, 0.1) is 12.0 Å². The van der Waals surface area contributed by atoms with Gasteiger partial charge in [0.25, 0.3) is 5.91 Å². The molecule has 3 aromatic rings. The van der Waals surface area contributed by atoms with Crippen molar-refractivity contribution < 1.29 is 27.9 Å². The fourth-order valence-electron chi connectivity index (χ4n) is 3.14. The first kappa shape index (κ1) is 25.0. The van der Waals surface area contributed by atoms with Gasteiger partial charge in [0.1, 0.15) is 16.8 Å². The van der Waals surface area contributed by atoms with Crippen molar-refractivity contribution in [2.75, 3.05) is 24.3 Å². The predicted molar refractivity (Wildman–Crippen MR) is 121 cm³/mol. The van der Waals surface area contributed by atoms with E-state index in [4.69, 9.17) is 16.7 Å². The van der Waals surface area contributed by atoms with Gasteiger partial charge in [0, 0.05) is 37.3 Å². The van der Waals surface area contributed by atoms with E-state index in [9.17, 15) is 22.8 Å². The molecule has 0 fully saturated rings. The largest absolute Gasteiger partial charge is 0.481 e. The first-order chi connectivity index (χ1) is 15.9. The smallest absolute Gasteiger partial charge is 0.416 e. The molecule has 0 spiro atoms. The molecular weight excluding hydrogens is 473 g/mol. The number of halogens is 4. The summed E-state index contributed by atoms with van der Waals surface area (Å²) < 4.78 is 38.0. The number of nitrogens with one attached hydrogen (secondary N) is 1. The first-order valence-electron chi connectivity index (χ1n) is 9.96. The molecule has 0 radical (unpaired) electrons. The topological polar surface area (TPSA) is 95.4 Å². The number of rotatable bonds is 7. The van der Waals surface area contributed by atoms with Gasteiger partial charge in [0.2, 0.25) is 0 Å². The van der Waals surface area contributed by atoms with Crippen LogP contribution in [0.2, 0.25) is 5.15 Å². The summed E-state index contributed by atoms with van der Waals surface area (Å²) >= 11 is 6.21. The molecule has 1 heterocycles. The van der Waals surface area contributed by atoms with Crippen LogP contribution in [-0.4, -0.2) is 41.0 Å². The van der Waals surface area contributed by atoms with E-state index < -0.39 is 23.6 Å². The molecule has 34 heavy (non-hydrogen) atoms. The number of benzene rings is 2. The third kappa shape index (κ3) is 6.22. The van der Waals surface area contributed by atoms with Crippen molar-refractivity contribution in [1.29, 1.82) is 0 Å². The van der Waals surface area contributed by atoms with Crippen LogP contribution >= 0.6 is 11.6 Å². The number of carboxylic acids is 1. The summed E-state index contributed by atoms with van der Waals surface area (Å²) in [4.78, 5) is 33.8. The molecule has 7 nitrogen and oxygen atoms in total. The Labute approximate surface area is 198 Å². The molecule has 0 saturated heterocycles. The summed E-state index contributed by atoms with van der Waals surface area (Å²) in [5, 5.41) is 11.8. The van der Waals surface area contributed by atoms with Crippen molar-refractivity contribution in [2.24, 2.45) is 0 Å². The molecule has 0 bridgehead atoms. The molecule has 0 unspecified atom stereocenters. The van der Waals surface area contributed by atoms with Gasteiger partial charge in [-0.25, -0.2) is 9.97 Å². The van der Waals surface area contributed by atoms with Gasteiger partial charge < -0.3 is 15.3 Å². The van der Waals surface area contributed by atoms with Gasteiger partial charge in [-0.15, -0.1) is 0 Å². The Morgan fingerprint density at radius 2 is 1.65 bits per heavy atom. The van der Waals surface area contributed by atoms with E-state index in [0.29, 0.717) is 29.3 Å². The highest BCUT2D eigenvalue weighted by atomic mass is 35.5. The number of carbonyl (C=O) groups is 2. The molecule has 0 aliphatic carbocycles. The molecule has 0 atom stereocenters. The number of anilines is 2. The average Bonchev–Trinajstić information content (AvgIpc) is 2.76. The van der Waals surface area contributed by atoms with Crippen molar-refractivity contribution in [3.8, 4) is 0 Å². The minimum Gasteiger partial charge on any atom is -0.481 e. The number of hydrogen-bond acceptors (Lipinski definition) is 5. The second kappa shape index (κ2) is 10.1. The summed E-state index contributed by atoms with van der Waals surface area (Å²) in [6.45, 7) is 0. The summed E-state index contributed by atoms with van der Waals surface area (Å²) in [6.07, 6.45) is -4.47. The maximum Gasteiger partial charge on any atom is 0.416 e. The highest BCUT2D eigenvalue weighted by molar-refractivity contribution is 6.30. The van der Waals surface area contributed by atoms with Crippen molar-refractivity contribution in [2.45, 2.75) is 19.0 Å². The van der Waals surface area contributed by atoms with Gasteiger partial charge in [0.15, 0.2) is 0 Å². The summed E-state index contributed by atoms with van der Waals surface area (Å²) in [5.41, 5.74) is 0.851. The van der Waals surface area contributed by atoms with Crippen LogP contribution < -0.4 is 10.2 Å². The lowest BCUT2D eigenvalue weighted by Crippen LogP contribution is -2.18. The minimum atomic E-state index is -4.47. The normalized spacial score (nSPS) is 11.2. The predicted octanol–water partition coefficient (Wildman–Crippen LogP) is 4.69. The van der Waals surface area contributed by atoms with Crippen LogP contribution in [0.15, 0.2) is 48.5 Å². The number of nitrogens with zero attached hydrogens (tertiary/aromatic N) is 3. The molecule has 2 N–H and O–H groups in total. The first-order valence-corrected chi connectivity index (χ1v) is 10.3. The molecule has 3 rings (SSSR count). The Morgan fingerprint density at radius 3 is 2.18 bits per heavy atom. The molecule has 11 heteroatoms. The summed E-state index contributed by atoms with van der Waals surface area (Å²) in [6, 6.07) is 10.7. The molecule has 0 saturated carbocycles. The van der Waals surface area contributed by atoms with Crippen LogP contribution in [0, 0.1) is 0 Å². The molecule has 2 aromatic carbocycles. The van der Waals surface area contributed by atoms with Crippen molar-refractivity contribution in [3.05, 3.63) is 81.8 Å². The fraction of sp³-hybridized carbons (Fsp3) is 0.217. The number of carboxylic acid groups (broad SMARTS) is 1. The average molecular weight is 493 g/mol. The lowest BCUT2D eigenvalue weighted by molar-refractivity contribution is -0.138. The SMILES string of the molecule is CN(C)c1nc(Cc2ccc(NC(=O)c3ccc(C(F)(F)F)cc3)cc2)nc(Cl)c1CC(=O)O. The van der Waals surface area contributed by atoms with E-state index in [1.54, 1.807) is 43.3 Å². The van der Waals surface area contributed by atoms with E-state index in [1.165, 1.54) is 0 Å². The van der Waals surface area contributed by atoms with Crippen LogP contribution in [0.3, 0.4) is 0 Å². The van der Waals surface area contributed by atoms with Crippen LogP contribution in [0.25, 0.3) is 0 Å². The second-order valence-corrected chi connectivity index (χ2v) is 7.96. The number of aliphatic carboxylic acids is 1. The Kier molecular flexibility index (Phi) is 7.41. The van der Waals surface area contributed by atoms with Gasteiger partial charge in [-0.2, -0.15) is 13.2 Å². The highest BCUT2D eigenvalue weighted by Gasteiger charge is 2.30. The molecule has 1 amide bonds. The van der Waals surface area contributed by atoms with Gasteiger partial charge in [-0.05, 0) is 42.0 Å². The van der Waals surface area contributed by atoms with Crippen LogP contribution in [0.5, 0.6) is 0 Å². The zero-order valence-corrected chi connectivity index (χ0v) is 18.9. The van der Waals surface area contributed by atoms with E-state index in [-0.39, 0.29) is 17.1 Å². The molecule has 178 valence electrons. The zero-order chi connectivity index (χ0) is 25.0. The minimum absolute atomic E-state index is 0.0662. The van der Waals surface area contributed by atoms with E-state index >= 15 is 0 Å². The van der Waals surface area contributed by atoms with E-state index in [2.05, 4.69) is 15.3 Å². The second-order valence-electron chi connectivity index (χ2n) is 7.60. The number of aromatic nitrogens is 2. The third-order valence-electron chi connectivity index (χ3n) is 4.78. The number of hydrogen-bond donors (Lipinski definition) is 2. The maximum atomic E-state index is 12.7. The number of amides is 1. The van der Waals surface area contributed by atoms with Crippen LogP contribution in [0.4, 0.5) is 24.7 Å². The van der Waals surface area contributed by atoms with Crippen LogP contribution in [0.1, 0.15) is 32.9 Å². The van der Waals surface area contributed by atoms with E-state index in [1.807, 2.05) is 0 Å². The summed E-state index contributed by atoms with van der Waals surface area (Å²) in [7, 11) is 3.45. The fourth-order valence-corrected chi connectivity index (χ4v) is 3.39. The Balaban J connectivity index is 1.71. The lowest BCUT2D eigenvalue weighted by Gasteiger charge is -2.17. The highest BCUT2D eigenvalue weighted by Crippen LogP contribution is 2.29. The molecular formula is C23H20ClF3N4O3. The van der Waals surface area contributed by atoms with Crippen LogP contribution in [-0.2, 0) is 23.8 Å². The maximum absolute atomic E-state index is 12.7. The number of alkyl halides is 3. The third-order valence-corrected chi connectivity index (χ3v) is 5.09. The molecule has 0 aliphatic rings. The Hall–Kier alpha value is -3.66. The van der Waals surface area contributed by atoms with Gasteiger partial charge in [-0.3, -0.25) is 9.59 Å². The van der Waals surface area contributed by atoms with Crippen molar-refractivity contribution in [3.63, 3.8) is 0 Å². The Morgan fingerprint density at radius 1 is 1.03 bits per heavy atom. The van der Waals surface area contributed by atoms with Gasteiger partial charge >= 0.3 is 12.1 Å². The summed E-state index contributed by atoms with van der Waals surface area (Å²) in [5.74, 6) is -0.779. The zero-order valence-electron chi connectivity index (χ0n) is 18.2. The monoisotopic (exact) mass is 492 g/mol. The van der Waals surface area contributed by atoms with Crippen molar-refractivity contribution >= 4 is 35.0 Å². The standard InChI is InChI=1S/C23H20ClF3N4O3/c1-31(2)21-17(12-19(32)33)20(24)29-18(30-21)11-13-3-9-16(10-4-13)28-22(34)14-5-7-15(8-6-14)23(25,26)27/h3-10H,11-12H2,1-2H3,(H,28,34)(H,32,33). The number of carbonyl (C=O) groups excluding carboxylic acids is 1. The lowest BCUT2D eigenvalue weighted by atomic mass is 10.1. The van der Waals surface area contributed by atoms with Crippen molar-refractivity contribution in [1.82, 2.24) is 9.97 Å². The van der Waals surface area contributed by atoms with Gasteiger partial charge in [-0.1, -0.05) is 23.7 Å². The molecule has 1 aromatic heterocycles. The van der Waals surface area contributed by atoms with E-state index in [0.717, 1.165) is 29.8 Å². The quantitative estimate of drug-likeness (QED) is 0.465. The Bertz CT molecular complexity index is 1200. The molecule has 0 aliphatic heterocycles.